The topological polar surface area (TPSA) is 161 Å². The number of aromatic nitrogens is 2. The summed E-state index contributed by atoms with van der Waals surface area (Å²) in [6, 6.07) is 9.49. The number of halogens is 3. The van der Waals surface area contributed by atoms with Gasteiger partial charge >= 0.3 is 0 Å². The Bertz CT molecular complexity index is 2180. The molecule has 0 bridgehead atoms. The number of nitrogens with one attached hydrogen (secondary N) is 3. The van der Waals surface area contributed by atoms with Crippen molar-refractivity contribution in [1.29, 1.82) is 0 Å². The highest BCUT2D eigenvalue weighted by molar-refractivity contribution is 7.14. The number of thiazole rings is 1. The molecule has 3 aliphatic heterocycles. The molecule has 5 heterocycles. The van der Waals surface area contributed by atoms with Crippen LogP contribution in [0, 0.1) is 17.5 Å². The van der Waals surface area contributed by atoms with Crippen molar-refractivity contribution in [1.82, 2.24) is 30.8 Å². The molecule has 14 nitrogen and oxygen atoms in total. The summed E-state index contributed by atoms with van der Waals surface area (Å²) in [6.07, 6.45) is 0.380. The van der Waals surface area contributed by atoms with E-state index in [9.17, 15) is 28.3 Å². The largest absolute Gasteiger partial charge is 0.480 e. The molecule has 2 fully saturated rings. The molecule has 314 valence electrons. The van der Waals surface area contributed by atoms with Crippen molar-refractivity contribution < 1.29 is 42.1 Å². The Morgan fingerprint density at radius 3 is 2.58 bits per heavy atom. The molecule has 0 saturated carbocycles. The summed E-state index contributed by atoms with van der Waals surface area (Å²) in [7, 11) is 0. The Kier molecular flexibility index (Phi) is 12.8. The van der Waals surface area contributed by atoms with E-state index in [4.69, 9.17) is 14.5 Å². The quantitative estimate of drug-likeness (QED) is 0.147. The van der Waals surface area contributed by atoms with Gasteiger partial charge in [-0.1, -0.05) is 26.0 Å². The number of aliphatic hydroxyl groups excluding tert-OH is 1. The van der Waals surface area contributed by atoms with Crippen LogP contribution in [0.5, 0.6) is 5.75 Å². The number of carbonyl (C=O) groups excluding carboxylic acids is 3. The van der Waals surface area contributed by atoms with Gasteiger partial charge in [-0.25, -0.2) is 13.8 Å². The highest BCUT2D eigenvalue weighted by Gasteiger charge is 2.42. The highest BCUT2D eigenvalue weighted by Crippen LogP contribution is 2.41. The van der Waals surface area contributed by atoms with E-state index in [-0.39, 0.29) is 49.7 Å². The van der Waals surface area contributed by atoms with Gasteiger partial charge in [-0.15, -0.1) is 11.3 Å². The zero-order valence-electron chi connectivity index (χ0n) is 33.0. The van der Waals surface area contributed by atoms with Crippen LogP contribution in [0.3, 0.4) is 0 Å². The fourth-order valence-electron chi connectivity index (χ4n) is 7.55. The maximum absolute atomic E-state index is 15.0. The molecule has 4 aromatic rings. The van der Waals surface area contributed by atoms with Crippen molar-refractivity contribution in [2.24, 2.45) is 0 Å². The number of ether oxygens (including phenoxy) is 2. The van der Waals surface area contributed by atoms with E-state index in [1.54, 1.807) is 27.3 Å². The Morgan fingerprint density at radius 1 is 1.07 bits per heavy atom. The summed E-state index contributed by atoms with van der Waals surface area (Å²) < 4.78 is 53.8. The number of fused-ring (bicyclic) bond motifs is 1. The van der Waals surface area contributed by atoms with Gasteiger partial charge in [-0.05, 0) is 54.8 Å². The van der Waals surface area contributed by atoms with E-state index < -0.39 is 47.3 Å². The first-order chi connectivity index (χ1) is 28.3. The van der Waals surface area contributed by atoms with E-state index >= 15 is 4.39 Å². The molecule has 7 rings (SSSR count). The zero-order valence-corrected chi connectivity index (χ0v) is 33.8. The lowest BCUT2D eigenvalue weighted by atomic mass is 9.90. The van der Waals surface area contributed by atoms with Crippen LogP contribution >= 0.6 is 11.3 Å². The van der Waals surface area contributed by atoms with Crippen LogP contribution in [0.1, 0.15) is 43.3 Å². The number of morpholine rings is 1. The molecular formula is C41H47F3N8O6S. The number of anilines is 2. The summed E-state index contributed by atoms with van der Waals surface area (Å²) >= 11 is 1.35. The van der Waals surface area contributed by atoms with E-state index in [0.29, 0.717) is 79.3 Å². The number of amides is 3. The van der Waals surface area contributed by atoms with Gasteiger partial charge in [0.1, 0.15) is 11.9 Å². The van der Waals surface area contributed by atoms with Crippen LogP contribution in [-0.4, -0.2) is 116 Å². The molecule has 4 N–H and O–H groups in total. The lowest BCUT2D eigenvalue weighted by Crippen LogP contribution is -2.63. The third-order valence-electron chi connectivity index (χ3n) is 10.7. The molecule has 0 spiro atoms. The predicted octanol–water partition coefficient (Wildman–Crippen LogP) is 3.10. The Hall–Kier alpha value is -5.14. The SMILES string of the molecule is C[C@@H]1CN(CC(=O)N2CC(C)(C)c3nc(CO)c(Cc4ccc(F)cc4)cc32)[C@@H](C(=O)NCNC(=O)COc2c(-c3csc(N4CCOCC4)n3)ccc(F)c2F)CN1. The van der Waals surface area contributed by atoms with Crippen LogP contribution in [0.2, 0.25) is 0 Å². The number of carbonyl (C=O) groups is 3. The van der Waals surface area contributed by atoms with Crippen LogP contribution in [0.25, 0.3) is 11.3 Å². The maximum Gasteiger partial charge on any atom is 0.259 e. The van der Waals surface area contributed by atoms with Crippen molar-refractivity contribution in [2.75, 3.05) is 75.6 Å². The standard InChI is InChI=1S/C41H47F3N8O6S/c1-24-17-51(18-35(55)52-22-41(2,3)38-32(52)15-26(30(19-53)48-38)14-25-4-6-27(42)7-5-25)33(16-45-24)39(56)47-23-46-34(54)20-58-37-28(8-9-29(43)36(37)44)31-21-59-40(49-31)50-10-12-57-13-11-50/h4-9,15,21,24,33,45,53H,10-14,16-20,22-23H2,1-3H3,(H,46,54)(H,47,56)/t24-,33-/m1/s1. The van der Waals surface area contributed by atoms with Gasteiger partial charge in [0.05, 0.1) is 55.8 Å². The van der Waals surface area contributed by atoms with Crippen LogP contribution < -0.4 is 30.5 Å². The molecule has 2 aromatic carbocycles. The normalized spacial score (nSPS) is 19.0. The molecular weight excluding hydrogens is 790 g/mol. The van der Waals surface area contributed by atoms with Crippen LogP contribution in [-0.2, 0) is 37.6 Å². The second-order valence-corrected chi connectivity index (χ2v) is 16.3. The highest BCUT2D eigenvalue weighted by atomic mass is 32.1. The molecule has 18 heteroatoms. The number of piperazine rings is 1. The number of aliphatic hydroxyl groups is 1. The molecule has 2 aromatic heterocycles. The number of hydrogen-bond donors (Lipinski definition) is 4. The molecule has 0 aliphatic carbocycles. The minimum absolute atomic E-state index is 0.0227. The molecule has 59 heavy (non-hydrogen) atoms. The average Bonchev–Trinajstić information content (AvgIpc) is 3.81. The fourth-order valence-corrected chi connectivity index (χ4v) is 8.43. The van der Waals surface area contributed by atoms with Gasteiger partial charge in [0.15, 0.2) is 23.3 Å². The Morgan fingerprint density at radius 2 is 1.83 bits per heavy atom. The molecule has 0 radical (unpaired) electrons. The molecule has 0 unspecified atom stereocenters. The smallest absolute Gasteiger partial charge is 0.259 e. The van der Waals surface area contributed by atoms with Crippen LogP contribution in [0.4, 0.5) is 24.0 Å². The monoisotopic (exact) mass is 836 g/mol. The molecule has 3 aliphatic rings. The summed E-state index contributed by atoms with van der Waals surface area (Å²) in [6.45, 7) is 7.96. The predicted molar refractivity (Wildman–Crippen MR) is 215 cm³/mol. The first-order valence-electron chi connectivity index (χ1n) is 19.4. The Balaban J connectivity index is 0.966. The van der Waals surface area contributed by atoms with Crippen molar-refractivity contribution in [3.8, 4) is 17.0 Å². The van der Waals surface area contributed by atoms with E-state index in [0.717, 1.165) is 11.6 Å². The fraction of sp³-hybridized carbons (Fsp3) is 0.439. The lowest BCUT2D eigenvalue weighted by Gasteiger charge is -2.38. The van der Waals surface area contributed by atoms with Gasteiger partial charge in [0.25, 0.3) is 5.91 Å². The van der Waals surface area contributed by atoms with Gasteiger partial charge in [0.2, 0.25) is 17.6 Å². The summed E-state index contributed by atoms with van der Waals surface area (Å²) in [4.78, 5) is 55.3. The van der Waals surface area contributed by atoms with Crippen molar-refractivity contribution in [3.63, 3.8) is 0 Å². The zero-order chi connectivity index (χ0) is 41.8. The summed E-state index contributed by atoms with van der Waals surface area (Å²) in [5, 5.41) is 21.1. The van der Waals surface area contributed by atoms with Crippen molar-refractivity contribution >= 4 is 39.9 Å². The maximum atomic E-state index is 15.0. The summed E-state index contributed by atoms with van der Waals surface area (Å²) in [5.41, 5.74) is 3.37. The first kappa shape index (κ1) is 42.0. The molecule has 3 amide bonds. The lowest BCUT2D eigenvalue weighted by molar-refractivity contribution is -0.129. The van der Waals surface area contributed by atoms with E-state index in [2.05, 4.69) is 20.9 Å². The second kappa shape index (κ2) is 18.0. The Labute approximate surface area is 343 Å². The van der Waals surface area contributed by atoms with Gasteiger partial charge in [-0.3, -0.25) is 24.3 Å². The molecule has 2 atom stereocenters. The van der Waals surface area contributed by atoms with Gasteiger partial charge in [-0.2, -0.15) is 4.39 Å². The van der Waals surface area contributed by atoms with Gasteiger partial charge in [0, 0.05) is 55.1 Å². The first-order valence-corrected chi connectivity index (χ1v) is 20.3. The van der Waals surface area contributed by atoms with Crippen LogP contribution in [0.15, 0.2) is 47.8 Å². The van der Waals surface area contributed by atoms with E-state index in [1.165, 1.54) is 29.5 Å². The molecule has 2 saturated heterocycles. The van der Waals surface area contributed by atoms with Gasteiger partial charge < -0.3 is 40.3 Å². The number of pyridine rings is 1. The van der Waals surface area contributed by atoms with Crippen molar-refractivity contribution in [3.05, 3.63) is 87.8 Å². The number of rotatable bonds is 13. The number of nitrogens with zero attached hydrogens (tertiary/aromatic N) is 5. The summed E-state index contributed by atoms with van der Waals surface area (Å²) in [5.74, 6) is -4.57. The third-order valence-corrected chi connectivity index (χ3v) is 11.6. The van der Waals surface area contributed by atoms with E-state index in [1.807, 2.05) is 31.7 Å². The minimum Gasteiger partial charge on any atom is -0.480 e. The minimum atomic E-state index is -1.25. The number of benzene rings is 2. The number of hydrogen-bond acceptors (Lipinski definition) is 12. The second-order valence-electron chi connectivity index (χ2n) is 15.5. The van der Waals surface area contributed by atoms with Crippen molar-refractivity contribution in [2.45, 2.75) is 51.3 Å². The third kappa shape index (κ3) is 9.52. The average molecular weight is 837 g/mol.